The number of ether oxygens (including phenoxy) is 1. The molecular formula is C22H20N2O2S. The Morgan fingerprint density at radius 3 is 2.70 bits per heavy atom. The lowest BCUT2D eigenvalue weighted by Crippen LogP contribution is -2.10. The van der Waals surface area contributed by atoms with Crippen molar-refractivity contribution in [2.24, 2.45) is 0 Å². The van der Waals surface area contributed by atoms with Crippen LogP contribution in [0.1, 0.15) is 29.7 Å². The molecule has 0 saturated heterocycles. The van der Waals surface area contributed by atoms with Crippen LogP contribution in [0.25, 0.3) is 32.4 Å². The quantitative estimate of drug-likeness (QED) is 0.496. The summed E-state index contributed by atoms with van der Waals surface area (Å²) in [4.78, 5) is 23.1. The smallest absolute Gasteiger partial charge is 0.260 e. The van der Waals surface area contributed by atoms with Crippen molar-refractivity contribution in [2.75, 3.05) is 7.11 Å². The van der Waals surface area contributed by atoms with Crippen LogP contribution in [-0.4, -0.2) is 17.1 Å². The number of nitrogens with one attached hydrogen (secondary N) is 1. The monoisotopic (exact) mass is 376 g/mol. The van der Waals surface area contributed by atoms with E-state index in [1.165, 1.54) is 23.3 Å². The van der Waals surface area contributed by atoms with Crippen LogP contribution in [0.2, 0.25) is 0 Å². The van der Waals surface area contributed by atoms with Gasteiger partial charge in [-0.3, -0.25) is 4.79 Å². The van der Waals surface area contributed by atoms with E-state index in [1.807, 2.05) is 36.4 Å². The first-order valence-electron chi connectivity index (χ1n) is 9.37. The highest BCUT2D eigenvalue weighted by Crippen LogP contribution is 2.36. The molecule has 2 heterocycles. The van der Waals surface area contributed by atoms with Crippen molar-refractivity contribution >= 4 is 32.3 Å². The molecule has 0 atom stereocenters. The Morgan fingerprint density at radius 2 is 1.85 bits per heavy atom. The maximum Gasteiger partial charge on any atom is 0.260 e. The second-order valence-electron chi connectivity index (χ2n) is 7.02. The highest BCUT2D eigenvalue weighted by atomic mass is 32.1. The predicted molar refractivity (Wildman–Crippen MR) is 111 cm³/mol. The van der Waals surface area contributed by atoms with Gasteiger partial charge in [-0.15, -0.1) is 11.3 Å². The Labute approximate surface area is 160 Å². The number of H-pyrrole nitrogens is 1. The minimum atomic E-state index is -0.0192. The molecule has 0 amide bonds. The number of aromatic amines is 1. The Morgan fingerprint density at radius 1 is 1.04 bits per heavy atom. The fourth-order valence-electron chi connectivity index (χ4n) is 4.12. The second-order valence-corrected chi connectivity index (χ2v) is 8.10. The Kier molecular flexibility index (Phi) is 3.97. The van der Waals surface area contributed by atoms with E-state index >= 15 is 0 Å². The molecule has 4 nitrogen and oxygen atoms in total. The fraction of sp³-hybridized carbons (Fsp3) is 0.273. The van der Waals surface area contributed by atoms with Gasteiger partial charge in [0.1, 0.15) is 16.4 Å². The zero-order valence-corrected chi connectivity index (χ0v) is 16.0. The van der Waals surface area contributed by atoms with Crippen molar-refractivity contribution in [3.05, 3.63) is 57.2 Å². The average molecular weight is 376 g/mol. The molecule has 5 heteroatoms. The van der Waals surface area contributed by atoms with Crippen molar-refractivity contribution in [1.82, 2.24) is 9.97 Å². The first kappa shape index (κ1) is 16.5. The van der Waals surface area contributed by atoms with Crippen LogP contribution in [0.3, 0.4) is 0 Å². The zero-order valence-electron chi connectivity index (χ0n) is 15.2. The molecule has 0 radical (unpaired) electrons. The van der Waals surface area contributed by atoms with Crippen molar-refractivity contribution in [3.8, 4) is 17.1 Å². The van der Waals surface area contributed by atoms with Crippen LogP contribution in [0.5, 0.6) is 5.75 Å². The van der Waals surface area contributed by atoms with E-state index in [-0.39, 0.29) is 5.56 Å². The number of aryl methyl sites for hydroxylation is 2. The number of aromatic nitrogens is 2. The first-order valence-corrected chi connectivity index (χ1v) is 10.2. The van der Waals surface area contributed by atoms with Gasteiger partial charge in [-0.25, -0.2) is 4.98 Å². The lowest BCUT2D eigenvalue weighted by molar-refractivity contribution is 0.420. The summed E-state index contributed by atoms with van der Waals surface area (Å²) in [7, 11) is 1.67. The van der Waals surface area contributed by atoms with Crippen LogP contribution < -0.4 is 10.3 Å². The molecule has 5 rings (SSSR count). The number of hydrogen-bond acceptors (Lipinski definition) is 4. The van der Waals surface area contributed by atoms with E-state index in [0.717, 1.165) is 51.6 Å². The number of rotatable bonds is 2. The Hall–Kier alpha value is -2.66. The summed E-state index contributed by atoms with van der Waals surface area (Å²) < 4.78 is 5.49. The third kappa shape index (κ3) is 2.65. The molecule has 136 valence electrons. The van der Waals surface area contributed by atoms with Crippen LogP contribution in [0.4, 0.5) is 0 Å². The molecule has 0 unspecified atom stereocenters. The third-order valence-electron chi connectivity index (χ3n) is 5.43. The molecule has 0 aliphatic heterocycles. The van der Waals surface area contributed by atoms with E-state index in [2.05, 4.69) is 4.98 Å². The van der Waals surface area contributed by atoms with Gasteiger partial charge < -0.3 is 9.72 Å². The molecule has 0 saturated carbocycles. The number of benzene rings is 2. The number of nitrogens with zero attached hydrogens (tertiary/aromatic N) is 1. The van der Waals surface area contributed by atoms with E-state index < -0.39 is 0 Å². The van der Waals surface area contributed by atoms with Crippen molar-refractivity contribution < 1.29 is 4.74 Å². The summed E-state index contributed by atoms with van der Waals surface area (Å²) in [5.74, 6) is 1.45. The van der Waals surface area contributed by atoms with Crippen molar-refractivity contribution in [3.63, 3.8) is 0 Å². The average Bonchev–Trinajstić information content (AvgIpc) is 2.89. The predicted octanol–water partition coefficient (Wildman–Crippen LogP) is 5.08. The lowest BCUT2D eigenvalue weighted by Gasteiger charge is -2.10. The first-order chi connectivity index (χ1) is 13.3. The Balaban J connectivity index is 1.75. The van der Waals surface area contributed by atoms with Gasteiger partial charge in [0.15, 0.2) is 0 Å². The van der Waals surface area contributed by atoms with E-state index in [0.29, 0.717) is 5.82 Å². The number of thiophene rings is 1. The molecule has 1 aliphatic rings. The number of fused-ring (bicyclic) bond motifs is 4. The van der Waals surface area contributed by atoms with Crippen LogP contribution in [0.15, 0.2) is 41.2 Å². The van der Waals surface area contributed by atoms with Crippen LogP contribution in [-0.2, 0) is 12.8 Å². The minimum absolute atomic E-state index is 0.0192. The van der Waals surface area contributed by atoms with Crippen molar-refractivity contribution in [1.29, 1.82) is 0 Å². The van der Waals surface area contributed by atoms with Crippen molar-refractivity contribution in [2.45, 2.75) is 32.1 Å². The van der Waals surface area contributed by atoms with Gasteiger partial charge in [0.05, 0.1) is 12.5 Å². The molecule has 2 aromatic heterocycles. The van der Waals surface area contributed by atoms with Crippen LogP contribution in [0, 0.1) is 0 Å². The zero-order chi connectivity index (χ0) is 18.4. The lowest BCUT2D eigenvalue weighted by atomic mass is 10.0. The van der Waals surface area contributed by atoms with Gasteiger partial charge in [-0.2, -0.15) is 0 Å². The fourth-order valence-corrected chi connectivity index (χ4v) is 5.39. The SMILES string of the molecule is COc1ccc(-c2nc3sc4c(c3c(=O)[nH]2)CCCCC4)c2ccccc12. The highest BCUT2D eigenvalue weighted by molar-refractivity contribution is 7.18. The molecule has 1 N–H and O–H groups in total. The summed E-state index contributed by atoms with van der Waals surface area (Å²) in [5, 5.41) is 2.85. The minimum Gasteiger partial charge on any atom is -0.496 e. The summed E-state index contributed by atoms with van der Waals surface area (Å²) >= 11 is 1.69. The summed E-state index contributed by atoms with van der Waals surface area (Å²) in [6.07, 6.45) is 5.66. The summed E-state index contributed by atoms with van der Waals surface area (Å²) in [5.41, 5.74) is 2.13. The van der Waals surface area contributed by atoms with Gasteiger partial charge in [-0.1, -0.05) is 30.7 Å². The van der Waals surface area contributed by atoms with Gasteiger partial charge in [0.2, 0.25) is 0 Å². The maximum absolute atomic E-state index is 13.0. The van der Waals surface area contributed by atoms with Gasteiger partial charge in [0, 0.05) is 15.8 Å². The number of hydrogen-bond donors (Lipinski definition) is 1. The van der Waals surface area contributed by atoms with Gasteiger partial charge in [0.25, 0.3) is 5.56 Å². The molecule has 2 aromatic carbocycles. The topological polar surface area (TPSA) is 55.0 Å². The van der Waals surface area contributed by atoms with E-state index in [1.54, 1.807) is 18.4 Å². The molecule has 4 aromatic rings. The van der Waals surface area contributed by atoms with Gasteiger partial charge in [-0.05, 0) is 48.8 Å². The molecule has 0 spiro atoms. The molecule has 0 fully saturated rings. The summed E-state index contributed by atoms with van der Waals surface area (Å²) in [6.45, 7) is 0. The highest BCUT2D eigenvalue weighted by Gasteiger charge is 2.20. The largest absolute Gasteiger partial charge is 0.496 e. The van der Waals surface area contributed by atoms with Gasteiger partial charge >= 0.3 is 0 Å². The van der Waals surface area contributed by atoms with E-state index in [9.17, 15) is 4.79 Å². The molecule has 27 heavy (non-hydrogen) atoms. The third-order valence-corrected chi connectivity index (χ3v) is 6.62. The molecular weight excluding hydrogens is 356 g/mol. The molecule has 1 aliphatic carbocycles. The number of methoxy groups -OCH3 is 1. The van der Waals surface area contributed by atoms with E-state index in [4.69, 9.17) is 9.72 Å². The Bertz CT molecular complexity index is 1220. The van der Waals surface area contributed by atoms with Crippen LogP contribution >= 0.6 is 11.3 Å². The standard InChI is InChI=1S/C22H20N2O2S/c1-26-17-12-11-15(13-7-5-6-8-14(13)17)20-23-21(25)19-16-9-3-2-4-10-18(16)27-22(19)24-20/h5-8,11-12H,2-4,9-10H2,1H3,(H,23,24,25). The second kappa shape index (κ2) is 6.50. The maximum atomic E-state index is 13.0. The summed E-state index contributed by atoms with van der Waals surface area (Å²) in [6, 6.07) is 12.0. The molecule has 0 bridgehead atoms. The normalized spacial score (nSPS) is 14.3.